The predicted molar refractivity (Wildman–Crippen MR) is 137 cm³/mol. The molecule has 34 heavy (non-hydrogen) atoms. The molecule has 0 saturated carbocycles. The van der Waals surface area contributed by atoms with E-state index in [0.717, 1.165) is 32.8 Å². The fourth-order valence-corrected chi connectivity index (χ4v) is 4.28. The van der Waals surface area contributed by atoms with Gasteiger partial charge in [-0.05, 0) is 77.3 Å². The van der Waals surface area contributed by atoms with E-state index in [9.17, 15) is 18.0 Å². The lowest BCUT2D eigenvalue weighted by molar-refractivity contribution is -0.140. The van der Waals surface area contributed by atoms with Gasteiger partial charge in [-0.2, -0.15) is 0 Å². The van der Waals surface area contributed by atoms with Gasteiger partial charge in [0.05, 0.1) is 11.9 Å². The number of nitrogens with zero attached hydrogens (tertiary/aromatic N) is 2. The molecule has 0 radical (unpaired) electrons. The summed E-state index contributed by atoms with van der Waals surface area (Å²) in [5.74, 6) is -0.758. The standard InChI is InChI=1S/C26H37N3O4S/c1-18-9-12-22(13-10-18)16-28(21(4)25(31)27-26(5,6)7)24(30)17-29(34(8,32)33)23-14-11-19(2)20(3)15-23/h9-15,21H,16-17H2,1-8H3,(H,27,31). The fraction of sp³-hybridized carbons (Fsp3) is 0.462. The van der Waals surface area contributed by atoms with Crippen molar-refractivity contribution in [3.63, 3.8) is 0 Å². The average Bonchev–Trinajstić information content (AvgIpc) is 2.71. The Labute approximate surface area is 204 Å². The highest BCUT2D eigenvalue weighted by Gasteiger charge is 2.31. The van der Waals surface area contributed by atoms with Gasteiger partial charge in [-0.15, -0.1) is 0 Å². The summed E-state index contributed by atoms with van der Waals surface area (Å²) < 4.78 is 26.4. The molecular formula is C26H37N3O4S. The van der Waals surface area contributed by atoms with E-state index in [0.29, 0.717) is 5.69 Å². The van der Waals surface area contributed by atoms with Gasteiger partial charge in [-0.3, -0.25) is 13.9 Å². The Hall–Kier alpha value is -2.87. The summed E-state index contributed by atoms with van der Waals surface area (Å²) in [4.78, 5) is 27.9. The van der Waals surface area contributed by atoms with Crippen LogP contribution in [0.2, 0.25) is 0 Å². The molecule has 8 heteroatoms. The number of aryl methyl sites for hydroxylation is 3. The number of hydrogen-bond donors (Lipinski definition) is 1. The third kappa shape index (κ3) is 7.58. The van der Waals surface area contributed by atoms with Crippen LogP contribution in [0.1, 0.15) is 49.9 Å². The highest BCUT2D eigenvalue weighted by Crippen LogP contribution is 2.22. The first-order valence-corrected chi connectivity index (χ1v) is 13.2. The molecule has 7 nitrogen and oxygen atoms in total. The number of benzene rings is 2. The quantitative estimate of drug-likeness (QED) is 0.615. The number of sulfonamides is 1. The molecule has 1 atom stereocenters. The van der Waals surface area contributed by atoms with Crippen molar-refractivity contribution in [3.05, 3.63) is 64.7 Å². The SMILES string of the molecule is Cc1ccc(CN(C(=O)CN(c2ccc(C)c(C)c2)S(C)(=O)=O)C(C)C(=O)NC(C)(C)C)cc1. The van der Waals surface area contributed by atoms with Gasteiger partial charge in [0.1, 0.15) is 12.6 Å². The van der Waals surface area contributed by atoms with Crippen LogP contribution in [0.15, 0.2) is 42.5 Å². The largest absolute Gasteiger partial charge is 0.350 e. The molecule has 0 saturated heterocycles. The molecule has 0 spiro atoms. The molecule has 186 valence electrons. The lowest BCUT2D eigenvalue weighted by Crippen LogP contribution is -2.54. The van der Waals surface area contributed by atoms with E-state index < -0.39 is 34.1 Å². The molecular weight excluding hydrogens is 450 g/mol. The molecule has 0 bridgehead atoms. The zero-order chi connectivity index (χ0) is 25.8. The maximum absolute atomic E-state index is 13.5. The van der Waals surface area contributed by atoms with Crippen molar-refractivity contribution in [1.82, 2.24) is 10.2 Å². The van der Waals surface area contributed by atoms with Crippen LogP contribution in [-0.2, 0) is 26.2 Å². The van der Waals surface area contributed by atoms with Crippen LogP contribution in [-0.4, -0.2) is 49.5 Å². The van der Waals surface area contributed by atoms with E-state index >= 15 is 0 Å². The van der Waals surface area contributed by atoms with E-state index in [1.165, 1.54) is 4.90 Å². The zero-order valence-electron chi connectivity index (χ0n) is 21.5. The van der Waals surface area contributed by atoms with Crippen LogP contribution in [0.5, 0.6) is 0 Å². The Morgan fingerprint density at radius 1 is 0.971 bits per heavy atom. The molecule has 0 aliphatic heterocycles. The van der Waals surface area contributed by atoms with Crippen molar-refractivity contribution in [1.29, 1.82) is 0 Å². The van der Waals surface area contributed by atoms with Crippen LogP contribution in [0.4, 0.5) is 5.69 Å². The molecule has 1 unspecified atom stereocenters. The summed E-state index contributed by atoms with van der Waals surface area (Å²) >= 11 is 0. The summed E-state index contributed by atoms with van der Waals surface area (Å²) in [6.45, 7) is 12.9. The second-order valence-corrected chi connectivity index (χ2v) is 11.9. The van der Waals surface area contributed by atoms with Gasteiger partial charge >= 0.3 is 0 Å². The Morgan fingerprint density at radius 2 is 1.56 bits per heavy atom. The first-order valence-electron chi connectivity index (χ1n) is 11.3. The smallest absolute Gasteiger partial charge is 0.244 e. The van der Waals surface area contributed by atoms with Crippen LogP contribution in [0, 0.1) is 20.8 Å². The van der Waals surface area contributed by atoms with Gasteiger partial charge in [0.15, 0.2) is 0 Å². The minimum absolute atomic E-state index is 0.183. The number of anilines is 1. The molecule has 2 aromatic carbocycles. The van der Waals surface area contributed by atoms with E-state index in [1.54, 1.807) is 19.1 Å². The highest BCUT2D eigenvalue weighted by atomic mass is 32.2. The van der Waals surface area contributed by atoms with Crippen LogP contribution < -0.4 is 9.62 Å². The maximum atomic E-state index is 13.5. The van der Waals surface area contributed by atoms with Gasteiger partial charge in [0.25, 0.3) is 0 Å². The second-order valence-electron chi connectivity index (χ2n) is 9.96. The van der Waals surface area contributed by atoms with E-state index in [1.807, 2.05) is 71.9 Å². The molecule has 0 aliphatic carbocycles. The summed E-state index contributed by atoms with van der Waals surface area (Å²) in [7, 11) is -3.74. The Balaban J connectivity index is 2.41. The Kier molecular flexibility index (Phi) is 8.53. The number of hydrogen-bond acceptors (Lipinski definition) is 4. The van der Waals surface area contributed by atoms with E-state index in [2.05, 4.69) is 5.32 Å². The number of carbonyl (C=O) groups is 2. The van der Waals surface area contributed by atoms with Crippen molar-refractivity contribution < 1.29 is 18.0 Å². The monoisotopic (exact) mass is 487 g/mol. The lowest BCUT2D eigenvalue weighted by atomic mass is 10.1. The lowest BCUT2D eigenvalue weighted by Gasteiger charge is -2.33. The van der Waals surface area contributed by atoms with Crippen molar-refractivity contribution in [2.24, 2.45) is 0 Å². The molecule has 0 aliphatic rings. The Bertz CT molecular complexity index is 1140. The third-order valence-corrected chi connectivity index (χ3v) is 6.74. The fourth-order valence-electron chi connectivity index (χ4n) is 3.44. The summed E-state index contributed by atoms with van der Waals surface area (Å²) in [5.41, 5.74) is 3.83. The summed E-state index contributed by atoms with van der Waals surface area (Å²) in [5, 5.41) is 2.91. The van der Waals surface area contributed by atoms with Crippen molar-refractivity contribution in [3.8, 4) is 0 Å². The van der Waals surface area contributed by atoms with Crippen molar-refractivity contribution >= 4 is 27.5 Å². The molecule has 2 amide bonds. The van der Waals surface area contributed by atoms with Crippen LogP contribution in [0.25, 0.3) is 0 Å². The minimum atomic E-state index is -3.74. The minimum Gasteiger partial charge on any atom is -0.350 e. The first kappa shape index (κ1) is 27.4. The maximum Gasteiger partial charge on any atom is 0.244 e. The number of nitrogens with one attached hydrogen (secondary N) is 1. The Morgan fingerprint density at radius 3 is 2.06 bits per heavy atom. The molecule has 2 aromatic rings. The zero-order valence-corrected chi connectivity index (χ0v) is 22.3. The normalized spacial score (nSPS) is 12.7. The molecule has 0 fully saturated rings. The third-order valence-electron chi connectivity index (χ3n) is 5.60. The number of rotatable bonds is 8. The molecule has 2 rings (SSSR count). The summed E-state index contributed by atoms with van der Waals surface area (Å²) in [6, 6.07) is 12.2. The van der Waals surface area contributed by atoms with Gasteiger partial charge in [-0.1, -0.05) is 35.9 Å². The molecule has 0 aromatic heterocycles. The first-order chi connectivity index (χ1) is 15.6. The number of carbonyl (C=O) groups excluding carboxylic acids is 2. The van der Waals surface area contributed by atoms with Gasteiger partial charge in [0, 0.05) is 12.1 Å². The van der Waals surface area contributed by atoms with Crippen molar-refractivity contribution in [2.75, 3.05) is 17.1 Å². The molecule has 1 N–H and O–H groups in total. The van der Waals surface area contributed by atoms with Crippen LogP contribution >= 0.6 is 0 Å². The van der Waals surface area contributed by atoms with Gasteiger partial charge in [0.2, 0.25) is 21.8 Å². The second kappa shape index (κ2) is 10.6. The van der Waals surface area contributed by atoms with Crippen molar-refractivity contribution in [2.45, 2.75) is 66.6 Å². The topological polar surface area (TPSA) is 86.8 Å². The predicted octanol–water partition coefficient (Wildman–Crippen LogP) is 3.71. The molecule has 0 heterocycles. The van der Waals surface area contributed by atoms with E-state index in [4.69, 9.17) is 0 Å². The average molecular weight is 488 g/mol. The van der Waals surface area contributed by atoms with Gasteiger partial charge < -0.3 is 10.2 Å². The number of amides is 2. The highest BCUT2D eigenvalue weighted by molar-refractivity contribution is 7.92. The van der Waals surface area contributed by atoms with Gasteiger partial charge in [-0.25, -0.2) is 8.42 Å². The van der Waals surface area contributed by atoms with E-state index in [-0.39, 0.29) is 12.5 Å². The summed E-state index contributed by atoms with van der Waals surface area (Å²) in [6.07, 6.45) is 1.08. The van der Waals surface area contributed by atoms with Crippen LogP contribution in [0.3, 0.4) is 0 Å².